The Balaban J connectivity index is 1.94. The van der Waals surface area contributed by atoms with Crippen LogP contribution >= 0.6 is 11.6 Å². The average molecular weight is 296 g/mol. The Morgan fingerprint density at radius 3 is 2.50 bits per heavy atom. The molecule has 112 valence electrons. The van der Waals surface area contributed by atoms with Gasteiger partial charge in [0, 0.05) is 12.6 Å². The van der Waals surface area contributed by atoms with Crippen molar-refractivity contribution in [1.82, 2.24) is 5.32 Å². The molecule has 0 aliphatic heterocycles. The largest absolute Gasteiger partial charge is 0.489 e. The van der Waals surface area contributed by atoms with Crippen LogP contribution in [0.5, 0.6) is 5.75 Å². The van der Waals surface area contributed by atoms with Crippen molar-refractivity contribution < 1.29 is 4.74 Å². The van der Waals surface area contributed by atoms with Crippen LogP contribution in [0.15, 0.2) is 18.2 Å². The van der Waals surface area contributed by atoms with E-state index in [0.29, 0.717) is 12.1 Å². The van der Waals surface area contributed by atoms with Gasteiger partial charge < -0.3 is 10.1 Å². The second-order valence-electron chi connectivity index (χ2n) is 6.03. The Morgan fingerprint density at radius 1 is 1.20 bits per heavy atom. The van der Waals surface area contributed by atoms with E-state index in [0.717, 1.165) is 30.2 Å². The van der Waals surface area contributed by atoms with Crippen molar-refractivity contribution in [3.05, 3.63) is 28.8 Å². The fraction of sp³-hybridized carbons (Fsp3) is 0.647. The van der Waals surface area contributed by atoms with Crippen LogP contribution in [0.3, 0.4) is 0 Å². The van der Waals surface area contributed by atoms with Crippen LogP contribution in [-0.4, -0.2) is 12.1 Å². The molecule has 0 unspecified atom stereocenters. The van der Waals surface area contributed by atoms with E-state index in [9.17, 15) is 0 Å². The van der Waals surface area contributed by atoms with Gasteiger partial charge in [0.25, 0.3) is 0 Å². The van der Waals surface area contributed by atoms with Crippen molar-refractivity contribution in [2.75, 3.05) is 0 Å². The minimum atomic E-state index is 0.342. The molecule has 0 heterocycles. The zero-order valence-electron chi connectivity index (χ0n) is 12.6. The van der Waals surface area contributed by atoms with Crippen molar-refractivity contribution in [2.45, 2.75) is 71.1 Å². The van der Waals surface area contributed by atoms with Crippen molar-refractivity contribution in [3.63, 3.8) is 0 Å². The second-order valence-corrected chi connectivity index (χ2v) is 6.44. The number of ether oxygens (including phenoxy) is 1. The van der Waals surface area contributed by atoms with Crippen molar-refractivity contribution >= 4 is 11.6 Å². The molecule has 0 amide bonds. The van der Waals surface area contributed by atoms with E-state index in [-0.39, 0.29) is 0 Å². The number of benzene rings is 1. The summed E-state index contributed by atoms with van der Waals surface area (Å²) >= 11 is 6.35. The van der Waals surface area contributed by atoms with Crippen LogP contribution in [-0.2, 0) is 6.54 Å². The standard InChI is InChI=1S/C17H26ClNO/c1-13(2)19-12-14-9-10-17(16(18)11-14)20-15-7-5-3-4-6-8-15/h9-11,13,15,19H,3-8,12H2,1-2H3. The highest BCUT2D eigenvalue weighted by atomic mass is 35.5. The molecule has 3 heteroatoms. The molecule has 0 radical (unpaired) electrons. The SMILES string of the molecule is CC(C)NCc1ccc(OC2CCCCCC2)c(Cl)c1. The Morgan fingerprint density at radius 2 is 1.90 bits per heavy atom. The third kappa shape index (κ3) is 4.99. The minimum absolute atomic E-state index is 0.342. The summed E-state index contributed by atoms with van der Waals surface area (Å²) in [5, 5.41) is 4.13. The lowest BCUT2D eigenvalue weighted by Gasteiger charge is -2.18. The zero-order chi connectivity index (χ0) is 14.4. The molecule has 1 aromatic rings. The normalized spacial score (nSPS) is 17.2. The van der Waals surface area contributed by atoms with Crippen molar-refractivity contribution in [3.8, 4) is 5.75 Å². The first-order valence-corrected chi connectivity index (χ1v) is 8.21. The Bertz CT molecular complexity index is 411. The van der Waals surface area contributed by atoms with E-state index >= 15 is 0 Å². The fourth-order valence-corrected chi connectivity index (χ4v) is 2.86. The summed E-state index contributed by atoms with van der Waals surface area (Å²) in [5.74, 6) is 0.840. The smallest absolute Gasteiger partial charge is 0.138 e. The average Bonchev–Trinajstić information content (AvgIpc) is 2.68. The van der Waals surface area contributed by atoms with Crippen LogP contribution in [0.25, 0.3) is 0 Å². The van der Waals surface area contributed by atoms with Gasteiger partial charge in [-0.15, -0.1) is 0 Å². The third-order valence-corrected chi connectivity index (χ3v) is 4.10. The first-order valence-electron chi connectivity index (χ1n) is 7.83. The Kier molecular flexibility index (Phi) is 6.18. The number of nitrogens with one attached hydrogen (secondary N) is 1. The second kappa shape index (κ2) is 7.90. The summed E-state index contributed by atoms with van der Waals surface area (Å²) in [6, 6.07) is 6.62. The van der Waals surface area contributed by atoms with E-state index in [4.69, 9.17) is 16.3 Å². The van der Waals surface area contributed by atoms with Gasteiger partial charge in [0.2, 0.25) is 0 Å². The first kappa shape index (κ1) is 15.7. The molecule has 0 bridgehead atoms. The van der Waals surface area contributed by atoms with E-state index in [2.05, 4.69) is 25.2 Å². The molecular weight excluding hydrogens is 270 g/mol. The highest BCUT2D eigenvalue weighted by Crippen LogP contribution is 2.29. The lowest BCUT2D eigenvalue weighted by atomic mass is 10.1. The molecule has 1 saturated carbocycles. The van der Waals surface area contributed by atoms with Crippen LogP contribution in [0.1, 0.15) is 57.9 Å². The quantitative estimate of drug-likeness (QED) is 0.777. The number of rotatable bonds is 5. The molecule has 1 fully saturated rings. The summed E-state index contributed by atoms with van der Waals surface area (Å²) in [7, 11) is 0. The van der Waals surface area contributed by atoms with Gasteiger partial charge in [-0.05, 0) is 43.4 Å². The van der Waals surface area contributed by atoms with Gasteiger partial charge in [0.05, 0.1) is 11.1 Å². The molecule has 1 aliphatic carbocycles. The summed E-state index contributed by atoms with van der Waals surface area (Å²) in [6.07, 6.45) is 7.90. The molecule has 1 N–H and O–H groups in total. The molecule has 0 spiro atoms. The van der Waals surface area contributed by atoms with E-state index in [1.807, 2.05) is 12.1 Å². The molecule has 20 heavy (non-hydrogen) atoms. The van der Waals surface area contributed by atoms with Crippen molar-refractivity contribution in [2.24, 2.45) is 0 Å². The van der Waals surface area contributed by atoms with E-state index in [1.54, 1.807) is 0 Å². The molecule has 0 atom stereocenters. The van der Waals surface area contributed by atoms with Gasteiger partial charge in [0.15, 0.2) is 0 Å². The predicted molar refractivity (Wildman–Crippen MR) is 85.5 cm³/mol. The fourth-order valence-electron chi connectivity index (χ4n) is 2.61. The zero-order valence-corrected chi connectivity index (χ0v) is 13.4. The van der Waals surface area contributed by atoms with Gasteiger partial charge >= 0.3 is 0 Å². The summed E-state index contributed by atoms with van der Waals surface area (Å²) in [6.45, 7) is 5.14. The maximum absolute atomic E-state index is 6.35. The van der Waals surface area contributed by atoms with Crippen LogP contribution < -0.4 is 10.1 Å². The molecular formula is C17H26ClNO. The summed E-state index contributed by atoms with van der Waals surface area (Å²) < 4.78 is 6.09. The number of hydrogen-bond acceptors (Lipinski definition) is 2. The topological polar surface area (TPSA) is 21.3 Å². The minimum Gasteiger partial charge on any atom is -0.489 e. The molecule has 1 aromatic carbocycles. The molecule has 2 nitrogen and oxygen atoms in total. The van der Waals surface area contributed by atoms with Crippen LogP contribution in [0, 0.1) is 0 Å². The predicted octanol–water partition coefficient (Wildman–Crippen LogP) is 4.94. The van der Waals surface area contributed by atoms with Crippen LogP contribution in [0.4, 0.5) is 0 Å². The summed E-state index contributed by atoms with van der Waals surface area (Å²) in [4.78, 5) is 0. The Labute approximate surface area is 127 Å². The van der Waals surface area contributed by atoms with Gasteiger partial charge in [-0.25, -0.2) is 0 Å². The van der Waals surface area contributed by atoms with Gasteiger partial charge in [-0.3, -0.25) is 0 Å². The monoisotopic (exact) mass is 295 g/mol. The number of hydrogen-bond donors (Lipinski definition) is 1. The highest BCUT2D eigenvalue weighted by Gasteiger charge is 2.15. The number of halogens is 1. The molecule has 0 saturated heterocycles. The van der Waals surface area contributed by atoms with Gasteiger partial charge in [-0.1, -0.05) is 44.4 Å². The van der Waals surface area contributed by atoms with Crippen LogP contribution in [0.2, 0.25) is 5.02 Å². The van der Waals surface area contributed by atoms with E-state index in [1.165, 1.54) is 31.2 Å². The Hall–Kier alpha value is -0.730. The lowest BCUT2D eigenvalue weighted by molar-refractivity contribution is 0.184. The van der Waals surface area contributed by atoms with Gasteiger partial charge in [0.1, 0.15) is 5.75 Å². The summed E-state index contributed by atoms with van der Waals surface area (Å²) in [5.41, 5.74) is 1.21. The molecule has 2 rings (SSSR count). The third-order valence-electron chi connectivity index (χ3n) is 3.81. The van der Waals surface area contributed by atoms with Crippen molar-refractivity contribution in [1.29, 1.82) is 0 Å². The van der Waals surface area contributed by atoms with Gasteiger partial charge in [-0.2, -0.15) is 0 Å². The first-order chi connectivity index (χ1) is 9.65. The highest BCUT2D eigenvalue weighted by molar-refractivity contribution is 6.32. The molecule has 1 aliphatic rings. The lowest BCUT2D eigenvalue weighted by Crippen LogP contribution is -2.21. The maximum atomic E-state index is 6.35. The van der Waals surface area contributed by atoms with E-state index < -0.39 is 0 Å². The maximum Gasteiger partial charge on any atom is 0.138 e. The molecule has 0 aromatic heterocycles.